The van der Waals surface area contributed by atoms with Gasteiger partial charge in [0.1, 0.15) is 0 Å². The van der Waals surface area contributed by atoms with E-state index in [0.29, 0.717) is 5.56 Å². The van der Waals surface area contributed by atoms with Crippen LogP contribution in [-0.4, -0.2) is 22.1 Å². The fraction of sp³-hybridized carbons (Fsp3) is 0.227. The monoisotopic (exact) mass is 360 g/mol. The summed E-state index contributed by atoms with van der Waals surface area (Å²) in [5.41, 5.74) is 10.2. The molecule has 0 aliphatic carbocycles. The summed E-state index contributed by atoms with van der Waals surface area (Å²) in [6, 6.07) is 18.0. The first-order valence-electron chi connectivity index (χ1n) is 9.13. The lowest BCUT2D eigenvalue weighted by molar-refractivity contribution is 0.467. The number of benzene rings is 2. The molecule has 0 unspecified atom stereocenters. The van der Waals surface area contributed by atoms with E-state index in [1.807, 2.05) is 50.2 Å². The zero-order chi connectivity index (χ0) is 19.0. The molecule has 0 saturated heterocycles. The molecule has 0 aliphatic heterocycles. The van der Waals surface area contributed by atoms with Crippen LogP contribution in [0.2, 0.25) is 0 Å². The summed E-state index contributed by atoms with van der Waals surface area (Å²) in [7, 11) is 0. The van der Waals surface area contributed by atoms with Gasteiger partial charge in [0.15, 0.2) is 0 Å². The molecule has 0 aliphatic rings. The smallest absolute Gasteiger partial charge is 0.257 e. The highest BCUT2D eigenvalue weighted by Gasteiger charge is 2.11. The lowest BCUT2D eigenvalue weighted by atomic mass is 10.1. The van der Waals surface area contributed by atoms with Crippen LogP contribution in [0.5, 0.6) is 0 Å². The van der Waals surface area contributed by atoms with Gasteiger partial charge < -0.3 is 21.0 Å². The molecule has 0 spiro atoms. The quantitative estimate of drug-likeness (QED) is 0.439. The Balaban J connectivity index is 1.66. The first-order chi connectivity index (χ1) is 12.9. The standard InChI is InChI=1S/C22H24N4O/c1-22(2,23)13-24-12-14-7-8-19-16(9-14)11-20(25-19)17-10-15-5-3-4-6-18(15)26-21(17)27/h3-11,24-25H,12-13,23H2,1-2H3,(H,26,27). The van der Waals surface area contributed by atoms with Gasteiger partial charge in [0.25, 0.3) is 5.56 Å². The molecule has 0 atom stereocenters. The van der Waals surface area contributed by atoms with E-state index in [-0.39, 0.29) is 11.1 Å². The van der Waals surface area contributed by atoms with Crippen LogP contribution in [0.25, 0.3) is 33.1 Å². The summed E-state index contributed by atoms with van der Waals surface area (Å²) in [6.45, 7) is 5.51. The average Bonchev–Trinajstić information content (AvgIpc) is 3.03. The number of H-pyrrole nitrogens is 2. The number of aromatic amines is 2. The fourth-order valence-electron chi connectivity index (χ4n) is 3.31. The molecule has 27 heavy (non-hydrogen) atoms. The van der Waals surface area contributed by atoms with Gasteiger partial charge in [-0.25, -0.2) is 0 Å². The van der Waals surface area contributed by atoms with Crippen LogP contribution in [0.3, 0.4) is 0 Å². The summed E-state index contributed by atoms with van der Waals surface area (Å²) in [5.74, 6) is 0. The van der Waals surface area contributed by atoms with Crippen molar-refractivity contribution in [3.05, 3.63) is 70.5 Å². The summed E-state index contributed by atoms with van der Waals surface area (Å²) in [5, 5.41) is 5.48. The van der Waals surface area contributed by atoms with Crippen LogP contribution in [0.15, 0.2) is 59.4 Å². The van der Waals surface area contributed by atoms with Crippen LogP contribution in [-0.2, 0) is 6.54 Å². The molecular formula is C22H24N4O. The molecule has 0 fully saturated rings. The number of para-hydroxylation sites is 1. The van der Waals surface area contributed by atoms with Gasteiger partial charge in [0, 0.05) is 35.0 Å². The third kappa shape index (κ3) is 3.79. The van der Waals surface area contributed by atoms with Crippen molar-refractivity contribution < 1.29 is 0 Å². The number of rotatable bonds is 5. The third-order valence-electron chi connectivity index (χ3n) is 4.64. The van der Waals surface area contributed by atoms with Crippen molar-refractivity contribution >= 4 is 21.8 Å². The highest BCUT2D eigenvalue weighted by molar-refractivity contribution is 5.89. The highest BCUT2D eigenvalue weighted by atomic mass is 16.1. The van der Waals surface area contributed by atoms with Gasteiger partial charge in [-0.05, 0) is 55.1 Å². The number of pyridine rings is 1. The van der Waals surface area contributed by atoms with Crippen molar-refractivity contribution in [2.75, 3.05) is 6.54 Å². The average molecular weight is 360 g/mol. The summed E-state index contributed by atoms with van der Waals surface area (Å²) < 4.78 is 0. The van der Waals surface area contributed by atoms with E-state index in [4.69, 9.17) is 5.73 Å². The van der Waals surface area contributed by atoms with E-state index in [9.17, 15) is 4.79 Å². The van der Waals surface area contributed by atoms with Gasteiger partial charge in [-0.15, -0.1) is 0 Å². The molecule has 4 rings (SSSR count). The molecule has 138 valence electrons. The topological polar surface area (TPSA) is 86.7 Å². The third-order valence-corrected chi connectivity index (χ3v) is 4.64. The van der Waals surface area contributed by atoms with Crippen molar-refractivity contribution in [1.29, 1.82) is 0 Å². The minimum atomic E-state index is -0.234. The molecule has 2 aromatic heterocycles. The minimum Gasteiger partial charge on any atom is -0.354 e. The van der Waals surface area contributed by atoms with Gasteiger partial charge in [0.2, 0.25) is 0 Å². The zero-order valence-corrected chi connectivity index (χ0v) is 15.6. The number of nitrogens with two attached hydrogens (primary N) is 1. The highest BCUT2D eigenvalue weighted by Crippen LogP contribution is 2.24. The molecule has 5 N–H and O–H groups in total. The minimum absolute atomic E-state index is 0.0904. The number of hydrogen-bond donors (Lipinski definition) is 4. The number of nitrogens with one attached hydrogen (secondary N) is 3. The van der Waals surface area contributed by atoms with E-state index in [2.05, 4.69) is 33.5 Å². The fourth-order valence-corrected chi connectivity index (χ4v) is 3.31. The number of fused-ring (bicyclic) bond motifs is 2. The van der Waals surface area contributed by atoms with Crippen molar-refractivity contribution in [1.82, 2.24) is 15.3 Å². The van der Waals surface area contributed by atoms with Gasteiger partial charge in [-0.2, -0.15) is 0 Å². The molecule has 5 heteroatoms. The predicted octanol–water partition coefficient (Wildman–Crippen LogP) is 3.50. The Hall–Kier alpha value is -2.89. The Labute approximate surface area is 157 Å². The van der Waals surface area contributed by atoms with E-state index < -0.39 is 0 Å². The normalized spacial score (nSPS) is 12.1. The van der Waals surface area contributed by atoms with Crippen LogP contribution in [0.4, 0.5) is 0 Å². The van der Waals surface area contributed by atoms with Crippen LogP contribution in [0.1, 0.15) is 19.4 Å². The molecule has 0 saturated carbocycles. The molecular weight excluding hydrogens is 336 g/mol. The van der Waals surface area contributed by atoms with Crippen molar-refractivity contribution in [3.63, 3.8) is 0 Å². The molecule has 0 bridgehead atoms. The van der Waals surface area contributed by atoms with Gasteiger partial charge in [0.05, 0.1) is 11.3 Å². The molecule has 4 aromatic rings. The van der Waals surface area contributed by atoms with Crippen molar-refractivity contribution in [2.24, 2.45) is 5.73 Å². The zero-order valence-electron chi connectivity index (χ0n) is 15.6. The van der Waals surface area contributed by atoms with Crippen LogP contribution < -0.4 is 16.6 Å². The summed E-state index contributed by atoms with van der Waals surface area (Å²) in [4.78, 5) is 18.8. The van der Waals surface area contributed by atoms with E-state index >= 15 is 0 Å². The summed E-state index contributed by atoms with van der Waals surface area (Å²) >= 11 is 0. The molecule has 0 radical (unpaired) electrons. The second-order valence-electron chi connectivity index (χ2n) is 7.80. The molecule has 2 heterocycles. The maximum absolute atomic E-state index is 12.5. The Bertz CT molecular complexity index is 1160. The lowest BCUT2D eigenvalue weighted by Crippen LogP contribution is -2.42. The largest absolute Gasteiger partial charge is 0.354 e. The van der Waals surface area contributed by atoms with Gasteiger partial charge >= 0.3 is 0 Å². The molecule has 5 nitrogen and oxygen atoms in total. The molecule has 0 amide bonds. The van der Waals surface area contributed by atoms with E-state index in [1.165, 1.54) is 5.56 Å². The lowest BCUT2D eigenvalue weighted by Gasteiger charge is -2.18. The maximum atomic E-state index is 12.5. The van der Waals surface area contributed by atoms with E-state index in [0.717, 1.165) is 40.6 Å². The van der Waals surface area contributed by atoms with Crippen LogP contribution in [0, 0.1) is 0 Å². The van der Waals surface area contributed by atoms with Gasteiger partial charge in [-0.1, -0.05) is 24.3 Å². The second kappa shape index (κ2) is 6.68. The Morgan fingerprint density at radius 1 is 0.963 bits per heavy atom. The summed E-state index contributed by atoms with van der Waals surface area (Å²) in [6.07, 6.45) is 0. The van der Waals surface area contributed by atoms with Gasteiger partial charge in [-0.3, -0.25) is 4.79 Å². The first kappa shape index (κ1) is 17.5. The van der Waals surface area contributed by atoms with Crippen LogP contribution >= 0.6 is 0 Å². The molecule has 2 aromatic carbocycles. The first-order valence-corrected chi connectivity index (χ1v) is 9.13. The Morgan fingerprint density at radius 2 is 1.74 bits per heavy atom. The second-order valence-corrected chi connectivity index (χ2v) is 7.80. The maximum Gasteiger partial charge on any atom is 0.257 e. The Morgan fingerprint density at radius 3 is 2.56 bits per heavy atom. The Kier molecular flexibility index (Phi) is 4.34. The number of hydrogen-bond acceptors (Lipinski definition) is 3. The van der Waals surface area contributed by atoms with Crippen molar-refractivity contribution in [2.45, 2.75) is 25.9 Å². The van der Waals surface area contributed by atoms with E-state index in [1.54, 1.807) is 0 Å². The SMILES string of the molecule is CC(C)(N)CNCc1ccc2[nH]c(-c3cc4ccccc4[nH]c3=O)cc2c1. The predicted molar refractivity (Wildman–Crippen MR) is 112 cm³/mol. The number of aromatic nitrogens is 2. The van der Waals surface area contributed by atoms with Crippen molar-refractivity contribution in [3.8, 4) is 11.3 Å².